The molecule has 24 nitrogen and oxygen atoms in total. The topological polar surface area (TPSA) is 372 Å². The Morgan fingerprint density at radius 1 is 0.595 bits per heavy atom. The van der Waals surface area contributed by atoms with Gasteiger partial charge < -0.3 is 114 Å². The lowest BCUT2D eigenvalue weighted by Gasteiger charge is -2.61. The number of ketones is 1. The molecule has 0 radical (unpaired) electrons. The minimum absolute atomic E-state index is 0.0131. The first-order valence-electron chi connectivity index (χ1n) is 26.8. The van der Waals surface area contributed by atoms with E-state index in [4.69, 9.17) is 47.4 Å². The predicted molar refractivity (Wildman–Crippen MR) is 244 cm³/mol. The second kappa shape index (κ2) is 21.3. The van der Waals surface area contributed by atoms with Crippen molar-refractivity contribution in [3.05, 3.63) is 0 Å². The van der Waals surface area contributed by atoms with Crippen LogP contribution in [-0.2, 0) is 52.2 Å². The van der Waals surface area contributed by atoms with Crippen molar-refractivity contribution in [1.82, 2.24) is 0 Å². The fourth-order valence-corrected chi connectivity index (χ4v) is 15.6. The summed E-state index contributed by atoms with van der Waals surface area (Å²) in [6.45, 7) is 6.18. The van der Waals surface area contributed by atoms with Crippen LogP contribution in [0.15, 0.2) is 0 Å². The Labute approximate surface area is 428 Å². The van der Waals surface area contributed by atoms with Gasteiger partial charge in [0, 0.05) is 30.1 Å². The van der Waals surface area contributed by atoms with Crippen LogP contribution >= 0.6 is 0 Å². The first-order valence-corrected chi connectivity index (χ1v) is 26.8. The Kier molecular flexibility index (Phi) is 16.2. The number of Topliss-reactive ketones (excluding diaryl/α,β-unsaturated/α-hetero) is 1. The van der Waals surface area contributed by atoms with Crippen molar-refractivity contribution >= 4 is 5.78 Å². The van der Waals surface area contributed by atoms with Gasteiger partial charge in [-0.25, -0.2) is 0 Å². The van der Waals surface area contributed by atoms with Gasteiger partial charge in [0.1, 0.15) is 97.3 Å². The fraction of sp³-hybridized carbons (Fsp3) is 0.980. The minimum Gasteiger partial charge on any atom is -0.394 e. The number of aliphatic hydroxyl groups is 13. The third-order valence-electron chi connectivity index (χ3n) is 19.9. The molecule has 74 heavy (non-hydrogen) atoms. The summed E-state index contributed by atoms with van der Waals surface area (Å²) in [5.41, 5.74) is -0.978. The second-order valence-electron chi connectivity index (χ2n) is 23.9. The predicted octanol–water partition coefficient (Wildman–Crippen LogP) is -4.12. The van der Waals surface area contributed by atoms with Crippen LogP contribution in [-0.4, -0.2) is 246 Å². The van der Waals surface area contributed by atoms with Crippen molar-refractivity contribution in [2.45, 2.75) is 220 Å². The van der Waals surface area contributed by atoms with Crippen molar-refractivity contribution in [3.8, 4) is 0 Å². The number of carbonyl (C=O) groups is 1. The van der Waals surface area contributed by atoms with E-state index in [1.165, 1.54) is 0 Å². The Bertz CT molecular complexity index is 1940. The Morgan fingerprint density at radius 3 is 1.91 bits per heavy atom. The standard InChI is InChI=1S/C50H80O24/c1-18-7-8-50(66-16-18)19(2)32-27(74-50)10-23-21-6-5-20-9-26(24(54)12-48(20,3)22(21)11-31(56)49(23,32)4)67-45-40(64)37(61)41(30(15-53)70-45)71-47-43(73-46-39(63)36(60)34(58)28(13-51)68-46)42(35(59)29(14-52)69-47)72-44-38(62)33(57)25(55)17-65-44/h18-30,32-47,51-55,57-64H,5-17H2,1-4H3/t18-,19+,20+,21+,22-,23-,24-,25-,26-,27-,28-,29-,30-,32-,33+,34-,35-,36+,37-,38-,39-,40-,41+,42+,43-,44+,45-,46+,47+,48+,49-,50-/m1/s1. The highest BCUT2D eigenvalue weighted by molar-refractivity contribution is 5.87. The van der Waals surface area contributed by atoms with E-state index < -0.39 is 172 Å². The summed E-state index contributed by atoms with van der Waals surface area (Å²) in [7, 11) is 0. The van der Waals surface area contributed by atoms with Gasteiger partial charge in [-0.3, -0.25) is 4.79 Å². The van der Waals surface area contributed by atoms with E-state index in [1.807, 2.05) is 0 Å². The summed E-state index contributed by atoms with van der Waals surface area (Å²) in [5, 5.41) is 141. The SMILES string of the molecule is C[C@@H]1CC[C@@]2(OC1)O[C@@H]1C[C@@H]3[C@H]4CC[C@H]5C[C@@H](O[C@@H]6O[C@H](CO)[C@H](O[C@@H]7O[C@H](CO)[C@@H](O)[C@H](O[C@@H]8OC[C@@H](O)[C@H](O)[C@H]8O)[C@H]7O[C@@H]7O[C@H](CO)[C@@H](O)[C@H](O)[C@H]7O)[C@H](O)[C@H]6O)[C@H](O)C[C@]5(C)[C@@H]4CC(=O)[C@]3(C)[C@@H]1[C@@H]2C. The van der Waals surface area contributed by atoms with Gasteiger partial charge in [0.25, 0.3) is 0 Å². The van der Waals surface area contributed by atoms with Gasteiger partial charge in [0.05, 0.1) is 51.3 Å². The molecule has 4 aliphatic carbocycles. The molecule has 6 aliphatic heterocycles. The zero-order chi connectivity index (χ0) is 53.1. The van der Waals surface area contributed by atoms with E-state index in [1.54, 1.807) is 0 Å². The molecule has 0 unspecified atom stereocenters. The molecule has 6 saturated heterocycles. The number of ether oxygens (including phenoxy) is 10. The zero-order valence-corrected chi connectivity index (χ0v) is 42.2. The number of carbonyl (C=O) groups excluding carboxylic acids is 1. The zero-order valence-electron chi connectivity index (χ0n) is 42.2. The van der Waals surface area contributed by atoms with Gasteiger partial charge in [-0.05, 0) is 73.5 Å². The second-order valence-corrected chi connectivity index (χ2v) is 23.9. The first kappa shape index (κ1) is 56.0. The molecule has 0 bridgehead atoms. The van der Waals surface area contributed by atoms with Gasteiger partial charge in [-0.1, -0.05) is 27.7 Å². The van der Waals surface area contributed by atoms with Crippen LogP contribution in [0.4, 0.5) is 0 Å². The molecule has 6 heterocycles. The smallest absolute Gasteiger partial charge is 0.187 e. The lowest BCUT2D eigenvalue weighted by Crippen LogP contribution is -2.68. The Hall–Kier alpha value is -1.25. The molecule has 4 saturated carbocycles. The van der Waals surface area contributed by atoms with Gasteiger partial charge >= 0.3 is 0 Å². The van der Waals surface area contributed by atoms with Crippen LogP contribution in [0.2, 0.25) is 0 Å². The molecule has 13 N–H and O–H groups in total. The Balaban J connectivity index is 0.832. The third-order valence-corrected chi connectivity index (χ3v) is 19.9. The molecule has 32 atom stereocenters. The maximum absolute atomic E-state index is 14.7. The molecule has 0 amide bonds. The molecule has 24 heteroatoms. The monoisotopic (exact) mass is 1060 g/mol. The summed E-state index contributed by atoms with van der Waals surface area (Å²) < 4.78 is 60.8. The normalized spacial score (nSPS) is 57.6. The first-order chi connectivity index (χ1) is 35.1. The minimum atomic E-state index is -2.03. The van der Waals surface area contributed by atoms with Crippen molar-refractivity contribution < 1.29 is 119 Å². The quantitative estimate of drug-likeness (QED) is 0.0874. The van der Waals surface area contributed by atoms with Gasteiger partial charge in [-0.2, -0.15) is 0 Å². The summed E-state index contributed by atoms with van der Waals surface area (Å²) >= 11 is 0. The summed E-state index contributed by atoms with van der Waals surface area (Å²) in [4.78, 5) is 14.7. The molecule has 1 spiro atoms. The summed E-state index contributed by atoms with van der Waals surface area (Å²) in [6.07, 6.45) is -30.9. The molecule has 10 fully saturated rings. The average molecular weight is 1070 g/mol. The molecule has 0 aromatic rings. The molecule has 10 rings (SSSR count). The highest BCUT2D eigenvalue weighted by Crippen LogP contribution is 2.70. The molecule has 0 aromatic heterocycles. The van der Waals surface area contributed by atoms with E-state index in [-0.39, 0.29) is 47.4 Å². The van der Waals surface area contributed by atoms with Crippen LogP contribution in [0.5, 0.6) is 0 Å². The van der Waals surface area contributed by atoms with E-state index in [0.29, 0.717) is 31.8 Å². The van der Waals surface area contributed by atoms with Gasteiger partial charge in [0.2, 0.25) is 0 Å². The van der Waals surface area contributed by atoms with Crippen molar-refractivity contribution in [2.24, 2.45) is 52.3 Å². The lowest BCUT2D eigenvalue weighted by atomic mass is 9.43. The van der Waals surface area contributed by atoms with Crippen LogP contribution in [0.25, 0.3) is 0 Å². The van der Waals surface area contributed by atoms with Gasteiger partial charge in [0.15, 0.2) is 30.9 Å². The molecule has 10 aliphatic rings. The highest BCUT2D eigenvalue weighted by atomic mass is 16.8. The van der Waals surface area contributed by atoms with Crippen LogP contribution < -0.4 is 0 Å². The fourth-order valence-electron chi connectivity index (χ4n) is 15.6. The third kappa shape index (κ3) is 9.26. The average Bonchev–Trinajstić information content (AvgIpc) is 3.83. The van der Waals surface area contributed by atoms with Crippen LogP contribution in [0, 0.1) is 52.3 Å². The van der Waals surface area contributed by atoms with E-state index in [0.717, 1.165) is 32.1 Å². The van der Waals surface area contributed by atoms with Gasteiger partial charge in [-0.15, -0.1) is 0 Å². The molecule has 0 aromatic carbocycles. The lowest BCUT2D eigenvalue weighted by molar-refractivity contribution is -0.404. The van der Waals surface area contributed by atoms with Crippen molar-refractivity contribution in [2.75, 3.05) is 33.0 Å². The number of aliphatic hydroxyl groups excluding tert-OH is 13. The number of fused-ring (bicyclic) bond motifs is 7. The maximum atomic E-state index is 14.7. The van der Waals surface area contributed by atoms with Crippen LogP contribution in [0.1, 0.15) is 79.1 Å². The highest BCUT2D eigenvalue weighted by Gasteiger charge is 2.72. The largest absolute Gasteiger partial charge is 0.394 e. The van der Waals surface area contributed by atoms with E-state index in [9.17, 15) is 71.2 Å². The Morgan fingerprint density at radius 2 is 1.22 bits per heavy atom. The molecule has 424 valence electrons. The van der Waals surface area contributed by atoms with Crippen LogP contribution in [0.3, 0.4) is 0 Å². The molecular weight excluding hydrogens is 985 g/mol. The number of hydrogen-bond acceptors (Lipinski definition) is 24. The van der Waals surface area contributed by atoms with Crippen molar-refractivity contribution in [3.63, 3.8) is 0 Å². The summed E-state index contributed by atoms with van der Waals surface area (Å²) in [5.74, 6) is 0.590. The number of rotatable bonds is 11. The van der Waals surface area contributed by atoms with E-state index >= 15 is 0 Å². The number of hydrogen-bond donors (Lipinski definition) is 13. The van der Waals surface area contributed by atoms with E-state index in [2.05, 4.69) is 27.7 Å². The van der Waals surface area contributed by atoms with Crippen molar-refractivity contribution in [1.29, 1.82) is 0 Å². The maximum Gasteiger partial charge on any atom is 0.187 e. The summed E-state index contributed by atoms with van der Waals surface area (Å²) in [6, 6.07) is 0. The molecular formula is C50H80O24.